The zero-order valence-corrected chi connectivity index (χ0v) is 26.8. The molecular formula is C34H45N5O7. The first-order valence-electron chi connectivity index (χ1n) is 15.6. The standard InChI is InChI=1S/C34H45N5O7/c1-26(40)30-6-4-7-31(37-30)33(27-9-11-28(35)12-10-27)39-15-19-45-23-21-43-17-13-38(14-18-44-22-24-46-20-16-39)25-29-5-3-8-32(36-29)34(41)42-2/h3-12,33H,13-25,35H2,1-2H3. The van der Waals surface area contributed by atoms with Crippen molar-refractivity contribution in [3.05, 3.63) is 89.0 Å². The fraction of sp³-hybridized carbons (Fsp3) is 0.471. The number of nitrogens with zero attached hydrogens (tertiary/aromatic N) is 4. The number of hydrogen-bond acceptors (Lipinski definition) is 12. The number of benzene rings is 1. The Balaban J connectivity index is 1.39. The number of pyridine rings is 2. The number of nitrogen functional groups attached to an aromatic ring is 1. The molecular weight excluding hydrogens is 590 g/mol. The fourth-order valence-corrected chi connectivity index (χ4v) is 5.10. The van der Waals surface area contributed by atoms with Gasteiger partial charge in [-0.25, -0.2) is 14.8 Å². The normalized spacial score (nSPS) is 17.8. The molecule has 1 unspecified atom stereocenters. The highest BCUT2D eigenvalue weighted by molar-refractivity contribution is 5.92. The summed E-state index contributed by atoms with van der Waals surface area (Å²) in [5, 5.41) is 0. The molecule has 1 atom stereocenters. The van der Waals surface area contributed by atoms with Gasteiger partial charge in [-0.3, -0.25) is 14.6 Å². The monoisotopic (exact) mass is 635 g/mol. The summed E-state index contributed by atoms with van der Waals surface area (Å²) in [7, 11) is 1.34. The third-order valence-corrected chi connectivity index (χ3v) is 7.51. The molecule has 0 saturated carbocycles. The Morgan fingerprint density at radius 3 is 1.91 bits per heavy atom. The number of ether oxygens (including phenoxy) is 5. The van der Waals surface area contributed by atoms with Gasteiger partial charge in [0.05, 0.1) is 77.4 Å². The van der Waals surface area contributed by atoms with Crippen LogP contribution < -0.4 is 5.73 Å². The fourth-order valence-electron chi connectivity index (χ4n) is 5.10. The minimum Gasteiger partial charge on any atom is -0.464 e. The Morgan fingerprint density at radius 1 is 0.761 bits per heavy atom. The minimum absolute atomic E-state index is 0.0863. The van der Waals surface area contributed by atoms with Crippen LogP contribution in [-0.2, 0) is 30.2 Å². The molecule has 12 heteroatoms. The van der Waals surface area contributed by atoms with Crippen molar-refractivity contribution in [2.24, 2.45) is 0 Å². The topological polar surface area (TPSA) is 139 Å². The van der Waals surface area contributed by atoms with Gasteiger partial charge >= 0.3 is 5.97 Å². The number of methoxy groups -OCH3 is 1. The second-order valence-electron chi connectivity index (χ2n) is 10.8. The lowest BCUT2D eigenvalue weighted by Crippen LogP contribution is -2.36. The van der Waals surface area contributed by atoms with Gasteiger partial charge in [-0.2, -0.15) is 0 Å². The highest BCUT2D eigenvalue weighted by atomic mass is 16.5. The second kappa shape index (κ2) is 19.0. The average molecular weight is 636 g/mol. The van der Waals surface area contributed by atoms with Crippen LogP contribution in [-0.4, -0.2) is 118 Å². The summed E-state index contributed by atoms with van der Waals surface area (Å²) in [4.78, 5) is 37.7. The summed E-state index contributed by atoms with van der Waals surface area (Å²) in [5.41, 5.74) is 9.91. The van der Waals surface area contributed by atoms with E-state index in [4.69, 9.17) is 34.4 Å². The van der Waals surface area contributed by atoms with Gasteiger partial charge in [0.1, 0.15) is 11.4 Å². The number of esters is 1. The van der Waals surface area contributed by atoms with E-state index < -0.39 is 5.97 Å². The summed E-state index contributed by atoms with van der Waals surface area (Å²) < 4.78 is 28.6. The summed E-state index contributed by atoms with van der Waals surface area (Å²) in [6.07, 6.45) is 0. The van der Waals surface area contributed by atoms with Crippen molar-refractivity contribution in [2.45, 2.75) is 19.5 Å². The number of carbonyl (C=O) groups is 2. The van der Waals surface area contributed by atoms with E-state index in [1.54, 1.807) is 18.2 Å². The maximum Gasteiger partial charge on any atom is 0.356 e. The highest BCUT2D eigenvalue weighted by Crippen LogP contribution is 2.28. The molecule has 1 saturated heterocycles. The maximum atomic E-state index is 12.2. The molecule has 1 aliphatic heterocycles. The van der Waals surface area contributed by atoms with E-state index >= 15 is 0 Å². The van der Waals surface area contributed by atoms with Crippen molar-refractivity contribution in [3.8, 4) is 0 Å². The summed E-state index contributed by atoms with van der Waals surface area (Å²) in [6, 6.07) is 18.4. The molecule has 1 fully saturated rings. The Hall–Kier alpha value is -3.78. The number of anilines is 1. The van der Waals surface area contributed by atoms with Crippen LogP contribution in [0, 0.1) is 0 Å². The summed E-state index contributed by atoms with van der Waals surface area (Å²) in [6.45, 7) is 8.34. The Bertz CT molecular complexity index is 1350. The van der Waals surface area contributed by atoms with E-state index in [1.165, 1.54) is 14.0 Å². The molecule has 2 N–H and O–H groups in total. The van der Waals surface area contributed by atoms with Gasteiger partial charge in [0.25, 0.3) is 0 Å². The zero-order chi connectivity index (χ0) is 32.6. The number of nitrogens with two attached hydrogens (primary N) is 1. The smallest absolute Gasteiger partial charge is 0.356 e. The van der Waals surface area contributed by atoms with Crippen LogP contribution in [0.5, 0.6) is 0 Å². The van der Waals surface area contributed by atoms with E-state index in [0.717, 1.165) is 17.0 Å². The molecule has 1 aliphatic rings. The van der Waals surface area contributed by atoms with Crippen LogP contribution in [0.25, 0.3) is 0 Å². The van der Waals surface area contributed by atoms with Crippen LogP contribution in [0.3, 0.4) is 0 Å². The highest BCUT2D eigenvalue weighted by Gasteiger charge is 2.24. The van der Waals surface area contributed by atoms with Crippen LogP contribution in [0.2, 0.25) is 0 Å². The maximum absolute atomic E-state index is 12.2. The predicted molar refractivity (Wildman–Crippen MR) is 173 cm³/mol. The quantitative estimate of drug-likeness (QED) is 0.232. The van der Waals surface area contributed by atoms with Crippen molar-refractivity contribution in [3.63, 3.8) is 0 Å². The number of Topliss-reactive ketones (excluding diaryl/α,β-unsaturated/α-hetero) is 1. The number of rotatable bonds is 7. The lowest BCUT2D eigenvalue weighted by molar-refractivity contribution is 0.00331. The number of aromatic nitrogens is 2. The van der Waals surface area contributed by atoms with Crippen molar-refractivity contribution < 1.29 is 33.3 Å². The van der Waals surface area contributed by atoms with Gasteiger partial charge in [-0.1, -0.05) is 24.3 Å². The first-order valence-corrected chi connectivity index (χ1v) is 15.6. The number of hydrogen-bond donors (Lipinski definition) is 1. The van der Waals surface area contributed by atoms with Crippen molar-refractivity contribution in [1.29, 1.82) is 0 Å². The Morgan fingerprint density at radius 2 is 1.33 bits per heavy atom. The second-order valence-corrected chi connectivity index (χ2v) is 10.8. The number of ketones is 1. The molecule has 3 aromatic rings. The van der Waals surface area contributed by atoms with Crippen LogP contribution in [0.15, 0.2) is 60.7 Å². The van der Waals surface area contributed by atoms with Crippen molar-refractivity contribution in [1.82, 2.24) is 19.8 Å². The van der Waals surface area contributed by atoms with E-state index in [2.05, 4.69) is 14.8 Å². The molecule has 248 valence electrons. The van der Waals surface area contributed by atoms with Gasteiger partial charge in [-0.15, -0.1) is 0 Å². The van der Waals surface area contributed by atoms with Gasteiger partial charge in [-0.05, 0) is 42.0 Å². The van der Waals surface area contributed by atoms with Crippen molar-refractivity contribution >= 4 is 17.4 Å². The van der Waals surface area contributed by atoms with Gasteiger partial charge in [0, 0.05) is 45.3 Å². The molecule has 46 heavy (non-hydrogen) atoms. The molecule has 4 rings (SSSR count). The van der Waals surface area contributed by atoms with E-state index in [1.807, 2.05) is 42.5 Å². The molecule has 3 heterocycles. The minimum atomic E-state index is -0.462. The van der Waals surface area contributed by atoms with Gasteiger partial charge in [0.15, 0.2) is 5.78 Å². The molecule has 0 radical (unpaired) electrons. The Labute approximate surface area is 270 Å². The molecule has 0 spiro atoms. The van der Waals surface area contributed by atoms with Crippen LogP contribution >= 0.6 is 0 Å². The Kier molecular flexibility index (Phi) is 14.5. The van der Waals surface area contributed by atoms with Crippen LogP contribution in [0.4, 0.5) is 5.69 Å². The molecule has 0 aliphatic carbocycles. The van der Waals surface area contributed by atoms with Crippen LogP contribution in [0.1, 0.15) is 50.9 Å². The molecule has 2 aromatic heterocycles. The van der Waals surface area contributed by atoms with E-state index in [9.17, 15) is 9.59 Å². The third kappa shape index (κ3) is 11.2. The van der Waals surface area contributed by atoms with E-state index in [0.29, 0.717) is 97.0 Å². The first kappa shape index (κ1) is 35.1. The largest absolute Gasteiger partial charge is 0.464 e. The predicted octanol–water partition coefficient (Wildman–Crippen LogP) is 3.02. The lowest BCUT2D eigenvalue weighted by atomic mass is 10.00. The molecule has 0 amide bonds. The van der Waals surface area contributed by atoms with Gasteiger partial charge in [0.2, 0.25) is 0 Å². The molecule has 0 bridgehead atoms. The number of carbonyl (C=O) groups excluding carboxylic acids is 2. The SMILES string of the molecule is COC(=O)c1cccc(CN2CCOCCOCCN(C(c3ccc(N)cc3)c3cccc(C(C)=O)n3)CCOCCOCC2)n1. The third-order valence-electron chi connectivity index (χ3n) is 7.51. The van der Waals surface area contributed by atoms with E-state index in [-0.39, 0.29) is 17.5 Å². The van der Waals surface area contributed by atoms with Gasteiger partial charge < -0.3 is 29.4 Å². The zero-order valence-electron chi connectivity index (χ0n) is 26.8. The van der Waals surface area contributed by atoms with Crippen molar-refractivity contribution in [2.75, 3.05) is 91.9 Å². The summed E-state index contributed by atoms with van der Waals surface area (Å²) >= 11 is 0. The average Bonchev–Trinajstić information content (AvgIpc) is 3.07. The lowest BCUT2D eigenvalue weighted by Gasteiger charge is -2.32. The molecule has 1 aromatic carbocycles. The molecule has 12 nitrogen and oxygen atoms in total. The summed E-state index contributed by atoms with van der Waals surface area (Å²) in [5.74, 6) is -0.548. The first-order chi connectivity index (χ1) is 22.4.